The van der Waals surface area contributed by atoms with E-state index in [9.17, 15) is 18.0 Å². The minimum Gasteiger partial charge on any atom is -0.481 e. The Morgan fingerprint density at radius 2 is 1.73 bits per heavy atom. The number of nitrogens with one attached hydrogen (secondary N) is 1. The van der Waals surface area contributed by atoms with E-state index in [4.69, 9.17) is 5.11 Å². The minimum atomic E-state index is -3.25. The number of rotatable bonds is 7. The lowest BCUT2D eigenvalue weighted by Gasteiger charge is -2.19. The van der Waals surface area contributed by atoms with Gasteiger partial charge in [0.2, 0.25) is 5.91 Å². The van der Waals surface area contributed by atoms with Crippen LogP contribution in [0.25, 0.3) is 0 Å². The molecule has 2 N–H and O–H groups in total. The summed E-state index contributed by atoms with van der Waals surface area (Å²) in [5.74, 6) is -1.26. The van der Waals surface area contributed by atoms with Gasteiger partial charge in [-0.25, -0.2) is 8.42 Å². The van der Waals surface area contributed by atoms with Gasteiger partial charge in [-0.05, 0) is 31.5 Å². The van der Waals surface area contributed by atoms with E-state index in [1.165, 1.54) is 26.0 Å². The maximum Gasteiger partial charge on any atom is 0.310 e. The number of hydrogen-bond donors (Lipinski definition) is 2. The van der Waals surface area contributed by atoms with Gasteiger partial charge >= 0.3 is 5.97 Å². The number of hydrogen-bond acceptors (Lipinski definition) is 4. The molecule has 0 aliphatic heterocycles. The van der Waals surface area contributed by atoms with Gasteiger partial charge in [0.25, 0.3) is 0 Å². The predicted octanol–water partition coefficient (Wildman–Crippen LogP) is 1.25. The molecule has 0 aromatic heterocycles. The summed E-state index contributed by atoms with van der Waals surface area (Å²) in [6.07, 6.45) is 0.0716. The lowest BCUT2D eigenvalue weighted by Crippen LogP contribution is -2.39. The Hall–Kier alpha value is -1.89. The van der Waals surface area contributed by atoms with E-state index in [0.29, 0.717) is 5.56 Å². The van der Waals surface area contributed by atoms with Gasteiger partial charge in [-0.2, -0.15) is 0 Å². The van der Waals surface area contributed by atoms with Crippen molar-refractivity contribution in [3.63, 3.8) is 0 Å². The predicted molar refractivity (Wildman–Crippen MR) is 82.3 cm³/mol. The van der Waals surface area contributed by atoms with Crippen LogP contribution in [-0.4, -0.2) is 37.7 Å². The second kappa shape index (κ2) is 6.91. The molecule has 1 aromatic rings. The van der Waals surface area contributed by atoms with Crippen LogP contribution in [0.4, 0.5) is 0 Å². The van der Waals surface area contributed by atoms with Gasteiger partial charge < -0.3 is 10.4 Å². The number of sulfone groups is 1. The Labute approximate surface area is 130 Å². The van der Waals surface area contributed by atoms with Crippen LogP contribution in [0.15, 0.2) is 29.2 Å². The lowest BCUT2D eigenvalue weighted by atomic mass is 9.94. The number of aliphatic carboxylic acids is 1. The van der Waals surface area contributed by atoms with Crippen LogP contribution in [0.3, 0.4) is 0 Å². The SMILES string of the molecule is CCS(=O)(=O)c1ccc(CC(=O)NCC(C)(C)C(=O)O)cc1. The molecule has 122 valence electrons. The molecule has 1 aromatic carbocycles. The molecule has 0 spiro atoms. The molecule has 0 saturated carbocycles. The normalized spacial score (nSPS) is 12.0. The topological polar surface area (TPSA) is 101 Å². The second-order valence-electron chi connectivity index (χ2n) is 5.69. The lowest BCUT2D eigenvalue weighted by molar-refractivity contribution is -0.146. The molecule has 0 unspecified atom stereocenters. The molecule has 0 heterocycles. The second-order valence-corrected chi connectivity index (χ2v) is 7.97. The molecule has 0 bridgehead atoms. The zero-order valence-corrected chi connectivity index (χ0v) is 13.7. The first-order chi connectivity index (χ1) is 10.1. The van der Waals surface area contributed by atoms with Crippen LogP contribution in [0.2, 0.25) is 0 Å². The Bertz CT molecular complexity index is 647. The Balaban J connectivity index is 2.65. The van der Waals surface area contributed by atoms with Crippen LogP contribution in [0.5, 0.6) is 0 Å². The Morgan fingerprint density at radius 1 is 1.18 bits per heavy atom. The third-order valence-corrected chi connectivity index (χ3v) is 5.08. The number of amides is 1. The molecule has 0 saturated heterocycles. The first-order valence-corrected chi connectivity index (χ1v) is 8.55. The maximum atomic E-state index is 11.8. The zero-order valence-electron chi connectivity index (χ0n) is 12.9. The van der Waals surface area contributed by atoms with Crippen LogP contribution < -0.4 is 5.32 Å². The molecule has 0 aliphatic carbocycles. The van der Waals surface area contributed by atoms with Crippen molar-refractivity contribution in [2.24, 2.45) is 5.41 Å². The quantitative estimate of drug-likeness (QED) is 0.785. The summed E-state index contributed by atoms with van der Waals surface area (Å²) >= 11 is 0. The number of benzene rings is 1. The van der Waals surface area contributed by atoms with Crippen molar-refractivity contribution in [2.45, 2.75) is 32.1 Å². The fraction of sp³-hybridized carbons (Fsp3) is 0.467. The molecule has 1 amide bonds. The largest absolute Gasteiger partial charge is 0.481 e. The highest BCUT2D eigenvalue weighted by atomic mass is 32.2. The van der Waals surface area contributed by atoms with Gasteiger partial charge in [-0.15, -0.1) is 0 Å². The smallest absolute Gasteiger partial charge is 0.310 e. The molecular formula is C15H21NO5S. The Morgan fingerprint density at radius 3 is 2.18 bits per heavy atom. The zero-order chi connectivity index (χ0) is 17.0. The van der Waals surface area contributed by atoms with Crippen LogP contribution in [0, 0.1) is 5.41 Å². The summed E-state index contributed by atoms with van der Waals surface area (Å²) in [7, 11) is -3.25. The summed E-state index contributed by atoms with van der Waals surface area (Å²) in [5.41, 5.74) is -0.366. The molecular weight excluding hydrogens is 306 g/mol. The molecule has 0 aliphatic rings. The van der Waals surface area contributed by atoms with Crippen LogP contribution in [-0.2, 0) is 25.8 Å². The van der Waals surface area contributed by atoms with Gasteiger partial charge in [0.1, 0.15) is 0 Å². The first kappa shape index (κ1) is 18.2. The highest BCUT2D eigenvalue weighted by Crippen LogP contribution is 2.14. The van der Waals surface area contributed by atoms with Crippen molar-refractivity contribution >= 4 is 21.7 Å². The molecule has 6 nitrogen and oxygen atoms in total. The van der Waals surface area contributed by atoms with Crippen molar-refractivity contribution in [1.29, 1.82) is 0 Å². The fourth-order valence-electron chi connectivity index (χ4n) is 1.62. The monoisotopic (exact) mass is 327 g/mol. The van der Waals surface area contributed by atoms with Gasteiger partial charge in [-0.3, -0.25) is 9.59 Å². The van der Waals surface area contributed by atoms with E-state index in [1.807, 2.05) is 0 Å². The summed E-state index contributed by atoms with van der Waals surface area (Å²) in [6, 6.07) is 6.13. The molecule has 0 fully saturated rings. The first-order valence-electron chi connectivity index (χ1n) is 6.90. The van der Waals surface area contributed by atoms with E-state index in [1.54, 1.807) is 19.1 Å². The average Bonchev–Trinajstić information content (AvgIpc) is 2.45. The third-order valence-electron chi connectivity index (χ3n) is 3.33. The number of carbonyl (C=O) groups is 2. The molecule has 0 radical (unpaired) electrons. The fourth-order valence-corrected chi connectivity index (χ4v) is 2.51. The average molecular weight is 327 g/mol. The van der Waals surface area contributed by atoms with E-state index < -0.39 is 21.2 Å². The van der Waals surface area contributed by atoms with Crippen molar-refractivity contribution in [1.82, 2.24) is 5.32 Å². The van der Waals surface area contributed by atoms with Gasteiger partial charge in [0, 0.05) is 6.54 Å². The molecule has 7 heteroatoms. The summed E-state index contributed by atoms with van der Waals surface area (Å²) < 4.78 is 23.4. The number of carboxylic acid groups (broad SMARTS) is 1. The third kappa shape index (κ3) is 4.84. The highest BCUT2D eigenvalue weighted by Gasteiger charge is 2.27. The molecule has 1 rings (SSSR count). The van der Waals surface area contributed by atoms with Gasteiger partial charge in [0.15, 0.2) is 9.84 Å². The number of carboxylic acids is 1. The van der Waals surface area contributed by atoms with E-state index in [2.05, 4.69) is 5.32 Å². The van der Waals surface area contributed by atoms with Crippen molar-refractivity contribution < 1.29 is 23.1 Å². The van der Waals surface area contributed by atoms with E-state index >= 15 is 0 Å². The van der Waals surface area contributed by atoms with Crippen molar-refractivity contribution in [3.8, 4) is 0 Å². The highest BCUT2D eigenvalue weighted by molar-refractivity contribution is 7.91. The van der Waals surface area contributed by atoms with E-state index in [-0.39, 0.29) is 29.5 Å². The van der Waals surface area contributed by atoms with Gasteiger partial charge in [-0.1, -0.05) is 19.1 Å². The maximum absolute atomic E-state index is 11.8. The van der Waals surface area contributed by atoms with Crippen LogP contribution in [0.1, 0.15) is 26.3 Å². The van der Waals surface area contributed by atoms with Crippen molar-refractivity contribution in [2.75, 3.05) is 12.3 Å². The number of carbonyl (C=O) groups excluding carboxylic acids is 1. The van der Waals surface area contributed by atoms with E-state index in [0.717, 1.165) is 0 Å². The minimum absolute atomic E-state index is 0.0249. The summed E-state index contributed by atoms with van der Waals surface area (Å²) in [6.45, 7) is 4.66. The summed E-state index contributed by atoms with van der Waals surface area (Å²) in [4.78, 5) is 23.0. The van der Waals surface area contributed by atoms with Gasteiger partial charge in [0.05, 0.1) is 22.5 Å². The van der Waals surface area contributed by atoms with Crippen LogP contribution >= 0.6 is 0 Å². The van der Waals surface area contributed by atoms with Crippen molar-refractivity contribution in [3.05, 3.63) is 29.8 Å². The summed E-state index contributed by atoms with van der Waals surface area (Å²) in [5, 5.41) is 11.5. The molecule has 22 heavy (non-hydrogen) atoms. The molecule has 0 atom stereocenters. The standard InChI is InChI=1S/C15H21NO5S/c1-4-22(20,21)12-7-5-11(6-8-12)9-13(17)16-10-15(2,3)14(18)19/h5-8H,4,9-10H2,1-3H3,(H,16,17)(H,18,19). The Kier molecular flexibility index (Phi) is 5.71.